The van der Waals surface area contributed by atoms with Gasteiger partial charge in [-0.25, -0.2) is 4.98 Å². The standard InChI is InChI=1S/C21H23F3N4/c1-3-9-27-14-26-13-20(27)15-5-7-17(10-15)28(4-2)18-8-6-16(12-25)19(11-18)21(22,23)24/h5-6,8,11,13-14,17H,3-4,7,9-10H2,1-2H3. The van der Waals surface area contributed by atoms with E-state index in [4.69, 9.17) is 5.26 Å². The van der Waals surface area contributed by atoms with Crippen LogP contribution < -0.4 is 4.90 Å². The number of rotatable bonds is 6. The number of benzene rings is 1. The molecule has 1 aromatic carbocycles. The highest BCUT2D eigenvalue weighted by Gasteiger charge is 2.35. The number of hydrogen-bond donors (Lipinski definition) is 0. The molecule has 0 amide bonds. The molecule has 0 fully saturated rings. The van der Waals surface area contributed by atoms with Crippen molar-refractivity contribution in [1.82, 2.24) is 9.55 Å². The van der Waals surface area contributed by atoms with Crippen molar-refractivity contribution < 1.29 is 13.2 Å². The second-order valence-corrected chi connectivity index (χ2v) is 6.92. The van der Waals surface area contributed by atoms with Gasteiger partial charge in [0.15, 0.2) is 0 Å². The number of alkyl halides is 3. The molecule has 1 heterocycles. The van der Waals surface area contributed by atoms with Crippen molar-refractivity contribution >= 4 is 11.3 Å². The Hall–Kier alpha value is -2.75. The van der Waals surface area contributed by atoms with Gasteiger partial charge in [0.1, 0.15) is 0 Å². The Kier molecular flexibility index (Phi) is 5.78. The fourth-order valence-electron chi connectivity index (χ4n) is 3.85. The zero-order valence-corrected chi connectivity index (χ0v) is 16.0. The minimum absolute atomic E-state index is 0.0824. The molecule has 1 aliphatic rings. The van der Waals surface area contributed by atoms with E-state index in [1.54, 1.807) is 12.1 Å². The minimum Gasteiger partial charge on any atom is -0.368 e. The van der Waals surface area contributed by atoms with Crippen molar-refractivity contribution in [3.05, 3.63) is 53.6 Å². The molecular formula is C21H23F3N4. The maximum Gasteiger partial charge on any atom is 0.417 e. The first-order chi connectivity index (χ1) is 13.4. The Morgan fingerprint density at radius 2 is 2.11 bits per heavy atom. The van der Waals surface area contributed by atoms with E-state index in [0.29, 0.717) is 12.2 Å². The summed E-state index contributed by atoms with van der Waals surface area (Å²) in [6.45, 7) is 5.52. The Balaban J connectivity index is 1.84. The summed E-state index contributed by atoms with van der Waals surface area (Å²) in [5.74, 6) is 0. The van der Waals surface area contributed by atoms with Crippen LogP contribution in [0.3, 0.4) is 0 Å². The highest BCUT2D eigenvalue weighted by atomic mass is 19.4. The number of hydrogen-bond acceptors (Lipinski definition) is 3. The van der Waals surface area contributed by atoms with Gasteiger partial charge < -0.3 is 9.47 Å². The van der Waals surface area contributed by atoms with Crippen molar-refractivity contribution in [2.45, 2.75) is 51.9 Å². The molecule has 1 unspecified atom stereocenters. The van der Waals surface area contributed by atoms with Crippen LogP contribution in [0, 0.1) is 11.3 Å². The van der Waals surface area contributed by atoms with Crippen LogP contribution >= 0.6 is 0 Å². The molecule has 0 spiro atoms. The first kappa shape index (κ1) is 20.0. The number of imidazole rings is 1. The van der Waals surface area contributed by atoms with Crippen LogP contribution in [0.4, 0.5) is 18.9 Å². The van der Waals surface area contributed by atoms with Gasteiger partial charge in [-0.05, 0) is 50.0 Å². The summed E-state index contributed by atoms with van der Waals surface area (Å²) < 4.78 is 42.1. The molecular weight excluding hydrogens is 365 g/mol. The zero-order valence-electron chi connectivity index (χ0n) is 16.0. The van der Waals surface area contributed by atoms with Crippen LogP contribution in [-0.4, -0.2) is 22.1 Å². The monoisotopic (exact) mass is 388 g/mol. The molecule has 2 aromatic rings. The molecule has 7 heteroatoms. The summed E-state index contributed by atoms with van der Waals surface area (Å²) in [7, 11) is 0. The summed E-state index contributed by atoms with van der Waals surface area (Å²) in [6.07, 6.45) is 3.81. The lowest BCUT2D eigenvalue weighted by molar-refractivity contribution is -0.137. The molecule has 0 radical (unpaired) electrons. The molecule has 148 valence electrons. The fourth-order valence-corrected chi connectivity index (χ4v) is 3.85. The molecule has 0 N–H and O–H groups in total. The lowest BCUT2D eigenvalue weighted by Crippen LogP contribution is -2.33. The average molecular weight is 388 g/mol. The molecule has 28 heavy (non-hydrogen) atoms. The van der Waals surface area contributed by atoms with E-state index in [-0.39, 0.29) is 11.6 Å². The van der Waals surface area contributed by atoms with Gasteiger partial charge in [-0.1, -0.05) is 13.0 Å². The lowest BCUT2D eigenvalue weighted by Gasteiger charge is -2.31. The van der Waals surface area contributed by atoms with Crippen LogP contribution in [0.1, 0.15) is 49.9 Å². The Bertz CT molecular complexity index is 905. The van der Waals surface area contributed by atoms with Gasteiger partial charge in [0, 0.05) is 24.8 Å². The van der Waals surface area contributed by atoms with Crippen LogP contribution in [0.25, 0.3) is 5.57 Å². The minimum atomic E-state index is -4.55. The van der Waals surface area contributed by atoms with E-state index in [0.717, 1.165) is 37.6 Å². The van der Waals surface area contributed by atoms with Gasteiger partial charge in [-0.2, -0.15) is 18.4 Å². The predicted molar refractivity (Wildman–Crippen MR) is 103 cm³/mol. The summed E-state index contributed by atoms with van der Waals surface area (Å²) >= 11 is 0. The maximum atomic E-state index is 13.3. The molecule has 1 aromatic heterocycles. The molecule has 0 saturated carbocycles. The molecule has 0 bridgehead atoms. The van der Waals surface area contributed by atoms with E-state index in [1.165, 1.54) is 11.6 Å². The van der Waals surface area contributed by atoms with Crippen LogP contribution in [0.15, 0.2) is 36.8 Å². The fraction of sp³-hybridized carbons (Fsp3) is 0.429. The molecule has 0 aliphatic heterocycles. The third kappa shape index (κ3) is 3.91. The summed E-state index contributed by atoms with van der Waals surface area (Å²) in [6, 6.07) is 5.69. The summed E-state index contributed by atoms with van der Waals surface area (Å²) in [5.41, 5.74) is 1.53. The SMILES string of the molecule is CCCn1cncc1C1=CCC(N(CC)c2ccc(C#N)c(C(F)(F)F)c2)C1. The number of aromatic nitrogens is 2. The number of nitrogens with zero attached hydrogens (tertiary/aromatic N) is 4. The molecule has 4 nitrogen and oxygen atoms in total. The first-order valence-electron chi connectivity index (χ1n) is 9.46. The largest absolute Gasteiger partial charge is 0.417 e. The first-order valence-corrected chi connectivity index (χ1v) is 9.46. The molecule has 3 rings (SSSR count). The summed E-state index contributed by atoms with van der Waals surface area (Å²) in [4.78, 5) is 6.23. The topological polar surface area (TPSA) is 44.9 Å². The second-order valence-electron chi connectivity index (χ2n) is 6.92. The Labute approximate surface area is 162 Å². The summed E-state index contributed by atoms with van der Waals surface area (Å²) in [5, 5.41) is 9.01. The van der Waals surface area contributed by atoms with Gasteiger partial charge in [-0.15, -0.1) is 0 Å². The van der Waals surface area contributed by atoms with Crippen molar-refractivity contribution in [3.63, 3.8) is 0 Å². The van der Waals surface area contributed by atoms with E-state index in [9.17, 15) is 13.2 Å². The second kappa shape index (κ2) is 8.09. The van der Waals surface area contributed by atoms with Crippen molar-refractivity contribution in [2.75, 3.05) is 11.4 Å². The number of halogens is 3. The van der Waals surface area contributed by atoms with E-state index in [1.807, 2.05) is 24.3 Å². The van der Waals surface area contributed by atoms with Crippen LogP contribution in [-0.2, 0) is 12.7 Å². The average Bonchev–Trinajstić information content (AvgIpc) is 3.31. The third-order valence-corrected chi connectivity index (χ3v) is 5.14. The van der Waals surface area contributed by atoms with Gasteiger partial charge in [0.2, 0.25) is 0 Å². The number of aryl methyl sites for hydroxylation is 1. The van der Waals surface area contributed by atoms with Crippen molar-refractivity contribution in [3.8, 4) is 6.07 Å². The highest BCUT2D eigenvalue weighted by molar-refractivity contribution is 5.67. The zero-order chi connectivity index (χ0) is 20.3. The predicted octanol–water partition coefficient (Wildman–Crippen LogP) is 5.26. The van der Waals surface area contributed by atoms with Gasteiger partial charge in [-0.3, -0.25) is 0 Å². The molecule has 1 aliphatic carbocycles. The van der Waals surface area contributed by atoms with E-state index < -0.39 is 11.7 Å². The quantitative estimate of drug-likeness (QED) is 0.678. The highest BCUT2D eigenvalue weighted by Crippen LogP contribution is 2.37. The molecule has 0 saturated heterocycles. The number of nitriles is 1. The van der Waals surface area contributed by atoms with Crippen LogP contribution in [0.5, 0.6) is 0 Å². The number of anilines is 1. The lowest BCUT2D eigenvalue weighted by atomic mass is 10.0. The normalized spacial score (nSPS) is 16.7. The van der Waals surface area contributed by atoms with Crippen LogP contribution in [0.2, 0.25) is 0 Å². The third-order valence-electron chi connectivity index (χ3n) is 5.14. The van der Waals surface area contributed by atoms with Crippen molar-refractivity contribution in [2.24, 2.45) is 0 Å². The van der Waals surface area contributed by atoms with Gasteiger partial charge in [0.05, 0.1) is 35.4 Å². The maximum absolute atomic E-state index is 13.3. The van der Waals surface area contributed by atoms with Gasteiger partial charge in [0.25, 0.3) is 0 Å². The Morgan fingerprint density at radius 3 is 2.75 bits per heavy atom. The van der Waals surface area contributed by atoms with Crippen molar-refractivity contribution in [1.29, 1.82) is 5.26 Å². The molecule has 1 atom stereocenters. The Morgan fingerprint density at radius 1 is 1.32 bits per heavy atom. The smallest absolute Gasteiger partial charge is 0.368 e. The van der Waals surface area contributed by atoms with E-state index in [2.05, 4.69) is 22.6 Å². The van der Waals surface area contributed by atoms with Gasteiger partial charge >= 0.3 is 6.18 Å². The van der Waals surface area contributed by atoms with E-state index >= 15 is 0 Å².